The van der Waals surface area contributed by atoms with E-state index in [1.807, 2.05) is 6.92 Å². The van der Waals surface area contributed by atoms with Gasteiger partial charge in [-0.3, -0.25) is 14.5 Å². The lowest BCUT2D eigenvalue weighted by Gasteiger charge is -2.10. The minimum atomic E-state index is -0.644. The highest BCUT2D eigenvalue weighted by molar-refractivity contribution is 8.18. The van der Waals surface area contributed by atoms with Gasteiger partial charge in [-0.1, -0.05) is 23.2 Å². The van der Waals surface area contributed by atoms with E-state index in [9.17, 15) is 14.4 Å². The number of benzene rings is 1. The molecule has 0 unspecified atom stereocenters. The summed E-state index contributed by atoms with van der Waals surface area (Å²) in [7, 11) is 1.23. The Labute approximate surface area is 180 Å². The van der Waals surface area contributed by atoms with Crippen LogP contribution < -0.4 is 4.74 Å². The number of hydrogen-bond donors (Lipinski definition) is 0. The van der Waals surface area contributed by atoms with Gasteiger partial charge in [0.2, 0.25) is 5.76 Å². The molecule has 1 aliphatic heterocycles. The molecule has 7 nitrogen and oxygen atoms in total. The maximum absolute atomic E-state index is 12.7. The van der Waals surface area contributed by atoms with Crippen molar-refractivity contribution in [2.75, 3.05) is 13.7 Å². The Bertz CT molecular complexity index is 993. The topological polar surface area (TPSA) is 86.1 Å². The van der Waals surface area contributed by atoms with Gasteiger partial charge in [-0.05, 0) is 54.6 Å². The fraction of sp³-hybridized carbons (Fsp3) is 0.211. The number of furan rings is 1. The number of thioether (sulfide) groups is 1. The summed E-state index contributed by atoms with van der Waals surface area (Å²) in [4.78, 5) is 37.6. The van der Waals surface area contributed by atoms with Gasteiger partial charge in [0.15, 0.2) is 5.75 Å². The van der Waals surface area contributed by atoms with E-state index >= 15 is 0 Å². The fourth-order valence-electron chi connectivity index (χ4n) is 2.56. The zero-order chi connectivity index (χ0) is 21.1. The predicted octanol–water partition coefficient (Wildman–Crippen LogP) is 5.01. The second-order valence-corrected chi connectivity index (χ2v) is 7.58. The molecule has 0 atom stereocenters. The molecule has 2 aromatic rings. The number of esters is 1. The Balaban J connectivity index is 1.80. The summed E-state index contributed by atoms with van der Waals surface area (Å²) in [6.45, 7) is 2.11. The van der Waals surface area contributed by atoms with Crippen molar-refractivity contribution < 1.29 is 28.3 Å². The molecule has 0 spiro atoms. The van der Waals surface area contributed by atoms with Crippen LogP contribution in [0.2, 0.25) is 10.0 Å². The van der Waals surface area contributed by atoms with Gasteiger partial charge in [0.05, 0.1) is 35.2 Å². The van der Waals surface area contributed by atoms with Crippen molar-refractivity contribution in [1.82, 2.24) is 4.90 Å². The van der Waals surface area contributed by atoms with Gasteiger partial charge in [-0.15, -0.1) is 0 Å². The van der Waals surface area contributed by atoms with E-state index in [-0.39, 0.29) is 23.0 Å². The fourth-order valence-corrected chi connectivity index (χ4v) is 4.01. The van der Waals surface area contributed by atoms with E-state index in [4.69, 9.17) is 32.4 Å². The maximum atomic E-state index is 12.7. The molecule has 2 heterocycles. The number of nitrogens with zero attached hydrogens (tertiary/aromatic N) is 1. The highest BCUT2D eigenvalue weighted by Gasteiger charge is 2.35. The van der Waals surface area contributed by atoms with Crippen molar-refractivity contribution in [3.05, 3.63) is 56.3 Å². The number of carbonyl (C=O) groups is 3. The summed E-state index contributed by atoms with van der Waals surface area (Å²) in [5.74, 6) is -0.503. The minimum Gasteiger partial charge on any atom is -0.491 e. The Hall–Kier alpha value is -2.42. The SMILES string of the molecule is CCOc1c(Cl)cc(C=C2SC(=O)N(Cc3ccc(C(=O)OC)o3)C2=O)cc1Cl. The smallest absolute Gasteiger partial charge is 0.373 e. The van der Waals surface area contributed by atoms with Crippen molar-refractivity contribution in [2.24, 2.45) is 0 Å². The van der Waals surface area contributed by atoms with E-state index in [0.29, 0.717) is 28.0 Å². The van der Waals surface area contributed by atoms with Crippen LogP contribution in [0.5, 0.6) is 5.75 Å². The molecule has 152 valence electrons. The molecule has 1 aromatic heterocycles. The highest BCUT2D eigenvalue weighted by atomic mass is 35.5. The molecule has 0 saturated carbocycles. The summed E-state index contributed by atoms with van der Waals surface area (Å²) >= 11 is 13.2. The Morgan fingerprint density at radius 3 is 2.55 bits per heavy atom. The second kappa shape index (κ2) is 8.94. The summed E-state index contributed by atoms with van der Waals surface area (Å²) in [6.07, 6.45) is 1.53. The summed E-state index contributed by atoms with van der Waals surface area (Å²) in [5.41, 5.74) is 0.555. The third-order valence-corrected chi connectivity index (χ3v) is 5.31. The number of imide groups is 1. The molecule has 2 amide bonds. The molecule has 0 aliphatic carbocycles. The van der Waals surface area contributed by atoms with E-state index in [1.165, 1.54) is 25.3 Å². The maximum Gasteiger partial charge on any atom is 0.373 e. The summed E-state index contributed by atoms with van der Waals surface area (Å²) in [6, 6.07) is 6.12. The van der Waals surface area contributed by atoms with Crippen molar-refractivity contribution in [2.45, 2.75) is 13.5 Å². The lowest BCUT2D eigenvalue weighted by atomic mass is 10.2. The van der Waals surface area contributed by atoms with E-state index in [2.05, 4.69) is 4.74 Å². The largest absolute Gasteiger partial charge is 0.491 e. The quantitative estimate of drug-likeness (QED) is 0.446. The summed E-state index contributed by atoms with van der Waals surface area (Å²) < 4.78 is 15.3. The van der Waals surface area contributed by atoms with Crippen LogP contribution in [0.25, 0.3) is 6.08 Å². The number of ether oxygens (including phenoxy) is 2. The molecule has 1 saturated heterocycles. The monoisotopic (exact) mass is 455 g/mol. The van der Waals surface area contributed by atoms with Crippen LogP contribution in [0.1, 0.15) is 28.8 Å². The lowest BCUT2D eigenvalue weighted by molar-refractivity contribution is -0.123. The number of amides is 2. The van der Waals surface area contributed by atoms with E-state index in [0.717, 1.165) is 16.7 Å². The van der Waals surface area contributed by atoms with E-state index < -0.39 is 17.1 Å². The normalized spacial score (nSPS) is 15.3. The molecule has 3 rings (SSSR count). The first-order chi connectivity index (χ1) is 13.8. The highest BCUT2D eigenvalue weighted by Crippen LogP contribution is 2.37. The molecule has 1 aliphatic rings. The van der Waals surface area contributed by atoms with Crippen LogP contribution in [0, 0.1) is 0 Å². The Morgan fingerprint density at radius 2 is 1.93 bits per heavy atom. The van der Waals surface area contributed by atoms with Crippen LogP contribution in [-0.4, -0.2) is 35.7 Å². The van der Waals surface area contributed by atoms with Crippen molar-refractivity contribution in [1.29, 1.82) is 0 Å². The van der Waals surface area contributed by atoms with Crippen LogP contribution in [0.4, 0.5) is 4.79 Å². The number of carbonyl (C=O) groups excluding carboxylic acids is 3. The van der Waals surface area contributed by atoms with Crippen LogP contribution in [-0.2, 0) is 16.1 Å². The van der Waals surface area contributed by atoms with Gasteiger partial charge in [0.25, 0.3) is 11.1 Å². The molecular weight excluding hydrogens is 441 g/mol. The lowest BCUT2D eigenvalue weighted by Crippen LogP contribution is -2.27. The first-order valence-electron chi connectivity index (χ1n) is 8.38. The molecule has 0 N–H and O–H groups in total. The predicted molar refractivity (Wildman–Crippen MR) is 109 cm³/mol. The van der Waals surface area contributed by atoms with E-state index in [1.54, 1.807) is 12.1 Å². The first kappa shape index (κ1) is 21.3. The number of rotatable bonds is 6. The zero-order valence-corrected chi connectivity index (χ0v) is 17.7. The number of methoxy groups -OCH3 is 1. The first-order valence-corrected chi connectivity index (χ1v) is 9.95. The van der Waals surface area contributed by atoms with Gasteiger partial charge in [-0.2, -0.15) is 0 Å². The van der Waals surface area contributed by atoms with Crippen LogP contribution in [0.3, 0.4) is 0 Å². The molecular formula is C19H15Cl2NO6S. The molecule has 0 radical (unpaired) electrons. The Kier molecular flexibility index (Phi) is 6.56. The average molecular weight is 456 g/mol. The van der Waals surface area contributed by atoms with Crippen LogP contribution >= 0.6 is 35.0 Å². The van der Waals surface area contributed by atoms with Gasteiger partial charge >= 0.3 is 5.97 Å². The van der Waals surface area contributed by atoms with Crippen LogP contribution in [0.15, 0.2) is 33.6 Å². The molecule has 1 fully saturated rings. The molecule has 29 heavy (non-hydrogen) atoms. The molecule has 0 bridgehead atoms. The average Bonchev–Trinajstić information content (AvgIpc) is 3.25. The summed E-state index contributed by atoms with van der Waals surface area (Å²) in [5, 5.41) is 0.145. The Morgan fingerprint density at radius 1 is 1.24 bits per heavy atom. The third-order valence-electron chi connectivity index (χ3n) is 3.84. The standard InChI is InChI=1S/C19H15Cl2NO6S/c1-3-27-16-12(20)6-10(7-13(16)21)8-15-17(23)22(19(25)29-15)9-11-4-5-14(28-11)18(24)26-2/h4-8H,3,9H2,1-2H3. The van der Waals surface area contributed by atoms with Gasteiger partial charge in [0.1, 0.15) is 5.76 Å². The third kappa shape index (κ3) is 4.60. The van der Waals surface area contributed by atoms with Gasteiger partial charge in [0, 0.05) is 0 Å². The zero-order valence-electron chi connectivity index (χ0n) is 15.4. The molecule has 10 heteroatoms. The van der Waals surface area contributed by atoms with Gasteiger partial charge < -0.3 is 13.9 Å². The van der Waals surface area contributed by atoms with Crippen molar-refractivity contribution >= 4 is 58.2 Å². The number of hydrogen-bond acceptors (Lipinski definition) is 7. The number of halogens is 2. The minimum absolute atomic E-state index is 0.0105. The van der Waals surface area contributed by atoms with Gasteiger partial charge in [-0.25, -0.2) is 4.79 Å². The van der Waals surface area contributed by atoms with Crippen molar-refractivity contribution in [3.8, 4) is 5.75 Å². The molecule has 1 aromatic carbocycles. The van der Waals surface area contributed by atoms with Crippen molar-refractivity contribution in [3.63, 3.8) is 0 Å². The second-order valence-electron chi connectivity index (χ2n) is 5.77.